The zero-order valence-corrected chi connectivity index (χ0v) is 13.7. The summed E-state index contributed by atoms with van der Waals surface area (Å²) < 4.78 is 0. The number of thioether (sulfide) groups is 1. The summed E-state index contributed by atoms with van der Waals surface area (Å²) in [7, 11) is 2.10. The number of nitrogens with zero attached hydrogens (tertiary/aromatic N) is 2. The molecule has 1 aliphatic rings. The summed E-state index contributed by atoms with van der Waals surface area (Å²) in [5.74, 6) is 1.02. The Labute approximate surface area is 131 Å². The van der Waals surface area contributed by atoms with E-state index >= 15 is 0 Å². The molecule has 1 aromatic rings. The summed E-state index contributed by atoms with van der Waals surface area (Å²) in [5, 5.41) is 0. The minimum absolute atomic E-state index is 0.0889. The van der Waals surface area contributed by atoms with Crippen LogP contribution in [-0.2, 0) is 4.79 Å². The molecule has 2 N–H and O–H groups in total. The van der Waals surface area contributed by atoms with Crippen LogP contribution in [0.5, 0.6) is 0 Å². The summed E-state index contributed by atoms with van der Waals surface area (Å²) in [6, 6.07) is 9.98. The van der Waals surface area contributed by atoms with E-state index < -0.39 is 0 Å². The number of benzene rings is 1. The minimum Gasteiger partial charge on any atom is -0.332 e. The van der Waals surface area contributed by atoms with E-state index in [1.54, 1.807) is 11.8 Å². The fraction of sp³-hybridized carbons (Fsp3) is 0.562. The Morgan fingerprint density at radius 1 is 1.38 bits per heavy atom. The van der Waals surface area contributed by atoms with Gasteiger partial charge in [-0.05, 0) is 31.0 Å². The fourth-order valence-corrected chi connectivity index (χ4v) is 3.21. The highest BCUT2D eigenvalue weighted by Gasteiger charge is 2.32. The Morgan fingerprint density at radius 3 is 2.76 bits per heavy atom. The van der Waals surface area contributed by atoms with Crippen LogP contribution in [0.1, 0.15) is 18.0 Å². The van der Waals surface area contributed by atoms with Crippen molar-refractivity contribution in [1.29, 1.82) is 0 Å². The molecular weight excluding hydrogens is 282 g/mol. The van der Waals surface area contributed by atoms with Crippen molar-refractivity contribution < 1.29 is 4.79 Å². The number of hydrogen-bond donors (Lipinski definition) is 1. The van der Waals surface area contributed by atoms with E-state index in [1.807, 2.05) is 29.4 Å². The van der Waals surface area contributed by atoms with Gasteiger partial charge in [0.05, 0.1) is 12.1 Å². The lowest BCUT2D eigenvalue weighted by Gasteiger charge is -2.41. The zero-order chi connectivity index (χ0) is 15.2. The monoisotopic (exact) mass is 307 g/mol. The highest BCUT2D eigenvalue weighted by atomic mass is 32.2. The maximum atomic E-state index is 12.7. The summed E-state index contributed by atoms with van der Waals surface area (Å²) >= 11 is 1.73. The minimum atomic E-state index is -0.382. The van der Waals surface area contributed by atoms with Gasteiger partial charge in [0.25, 0.3) is 0 Å². The van der Waals surface area contributed by atoms with Crippen LogP contribution in [0.4, 0.5) is 0 Å². The van der Waals surface area contributed by atoms with E-state index in [9.17, 15) is 4.79 Å². The topological polar surface area (TPSA) is 49.6 Å². The second-order valence-electron chi connectivity index (χ2n) is 5.61. The van der Waals surface area contributed by atoms with E-state index in [1.165, 1.54) is 5.56 Å². The lowest BCUT2D eigenvalue weighted by atomic mass is 10.0. The highest BCUT2D eigenvalue weighted by molar-refractivity contribution is 7.98. The smallest absolute Gasteiger partial charge is 0.240 e. The van der Waals surface area contributed by atoms with Crippen LogP contribution in [0.3, 0.4) is 0 Å². The maximum Gasteiger partial charge on any atom is 0.240 e. The third kappa shape index (κ3) is 4.22. The van der Waals surface area contributed by atoms with E-state index in [0.29, 0.717) is 0 Å². The summed E-state index contributed by atoms with van der Waals surface area (Å²) in [6.45, 7) is 2.52. The second-order valence-corrected chi connectivity index (χ2v) is 6.59. The highest BCUT2D eigenvalue weighted by Crippen LogP contribution is 2.25. The normalized spacial score (nSPS) is 21.3. The van der Waals surface area contributed by atoms with Crippen LogP contribution in [0.2, 0.25) is 0 Å². The Hall–Kier alpha value is -1.04. The number of rotatable bonds is 5. The number of piperazine rings is 1. The number of amides is 1. The van der Waals surface area contributed by atoms with Gasteiger partial charge in [-0.25, -0.2) is 0 Å². The number of carbonyl (C=O) groups excluding carboxylic acids is 1. The van der Waals surface area contributed by atoms with Crippen molar-refractivity contribution in [2.75, 3.05) is 38.7 Å². The van der Waals surface area contributed by atoms with Gasteiger partial charge in [0.2, 0.25) is 5.91 Å². The molecule has 1 heterocycles. The van der Waals surface area contributed by atoms with Gasteiger partial charge in [-0.2, -0.15) is 11.8 Å². The number of carbonyl (C=O) groups is 1. The van der Waals surface area contributed by atoms with Crippen LogP contribution in [0.15, 0.2) is 30.3 Å². The van der Waals surface area contributed by atoms with E-state index in [2.05, 4.69) is 24.1 Å². The first-order chi connectivity index (χ1) is 10.1. The van der Waals surface area contributed by atoms with E-state index in [0.717, 1.165) is 31.8 Å². The van der Waals surface area contributed by atoms with Crippen LogP contribution in [0.25, 0.3) is 0 Å². The summed E-state index contributed by atoms with van der Waals surface area (Å²) in [5.41, 5.74) is 7.28. The average Bonchev–Trinajstić information content (AvgIpc) is 2.52. The number of hydrogen-bond acceptors (Lipinski definition) is 4. The standard InChI is InChI=1S/C16H25N3OS/c1-18-9-10-19(16(20)14(17)8-11-21-2)15(12-18)13-6-4-3-5-7-13/h3-7,14-15H,8-12,17H2,1-2H3/t14-,15?/m1/s1. The van der Waals surface area contributed by atoms with Crippen molar-refractivity contribution in [3.05, 3.63) is 35.9 Å². The first-order valence-corrected chi connectivity index (χ1v) is 8.81. The maximum absolute atomic E-state index is 12.7. The van der Waals surface area contributed by atoms with Gasteiger partial charge in [0.15, 0.2) is 0 Å². The third-order valence-corrected chi connectivity index (χ3v) is 4.65. The molecule has 0 aromatic heterocycles. The molecule has 1 unspecified atom stereocenters. The predicted octanol–water partition coefficient (Wildman–Crippen LogP) is 1.58. The molecular formula is C16H25N3OS. The molecule has 0 radical (unpaired) electrons. The Balaban J connectivity index is 2.13. The van der Waals surface area contributed by atoms with Crippen LogP contribution in [0, 0.1) is 0 Å². The van der Waals surface area contributed by atoms with Crippen molar-refractivity contribution in [2.45, 2.75) is 18.5 Å². The van der Waals surface area contributed by atoms with Gasteiger partial charge >= 0.3 is 0 Å². The molecule has 0 spiro atoms. The third-order valence-electron chi connectivity index (χ3n) is 4.00. The predicted molar refractivity (Wildman–Crippen MR) is 89.4 cm³/mol. The molecule has 1 fully saturated rings. The molecule has 0 aliphatic carbocycles. The van der Waals surface area contributed by atoms with Gasteiger partial charge < -0.3 is 15.5 Å². The molecule has 116 valence electrons. The van der Waals surface area contributed by atoms with Crippen LogP contribution in [-0.4, -0.2) is 60.4 Å². The Kier molecular flexibility index (Phi) is 6.08. The van der Waals surface area contributed by atoms with Crippen molar-refractivity contribution >= 4 is 17.7 Å². The van der Waals surface area contributed by atoms with Crippen molar-refractivity contribution in [3.63, 3.8) is 0 Å². The molecule has 0 bridgehead atoms. The van der Waals surface area contributed by atoms with Gasteiger partial charge in [-0.3, -0.25) is 4.79 Å². The SMILES string of the molecule is CSCC[C@@H](N)C(=O)N1CCN(C)CC1c1ccccc1. The lowest BCUT2D eigenvalue weighted by molar-refractivity contribution is -0.137. The van der Waals surface area contributed by atoms with Crippen molar-refractivity contribution in [1.82, 2.24) is 9.80 Å². The van der Waals surface area contributed by atoms with Crippen LogP contribution >= 0.6 is 11.8 Å². The largest absolute Gasteiger partial charge is 0.332 e. The first kappa shape index (κ1) is 16.3. The summed E-state index contributed by atoms with van der Waals surface area (Å²) in [6.07, 6.45) is 2.79. The summed E-state index contributed by atoms with van der Waals surface area (Å²) in [4.78, 5) is 16.9. The van der Waals surface area contributed by atoms with Gasteiger partial charge in [0, 0.05) is 19.6 Å². The van der Waals surface area contributed by atoms with E-state index in [4.69, 9.17) is 5.73 Å². The Morgan fingerprint density at radius 2 is 2.10 bits per heavy atom. The molecule has 2 atom stereocenters. The molecule has 1 saturated heterocycles. The lowest BCUT2D eigenvalue weighted by Crippen LogP contribution is -2.53. The fourth-order valence-electron chi connectivity index (χ4n) is 2.72. The zero-order valence-electron chi connectivity index (χ0n) is 12.9. The Bertz CT molecular complexity index is 454. The molecule has 21 heavy (non-hydrogen) atoms. The number of nitrogens with two attached hydrogens (primary N) is 1. The number of likely N-dealkylation sites (N-methyl/N-ethyl adjacent to an activating group) is 1. The van der Waals surface area contributed by atoms with Gasteiger partial charge in [-0.15, -0.1) is 0 Å². The first-order valence-electron chi connectivity index (χ1n) is 7.42. The van der Waals surface area contributed by atoms with Gasteiger partial charge in [0.1, 0.15) is 0 Å². The molecule has 1 aliphatic heterocycles. The average molecular weight is 307 g/mol. The quantitative estimate of drug-likeness (QED) is 0.897. The molecule has 5 heteroatoms. The molecule has 4 nitrogen and oxygen atoms in total. The molecule has 2 rings (SSSR count). The van der Waals surface area contributed by atoms with Gasteiger partial charge in [-0.1, -0.05) is 30.3 Å². The molecule has 1 amide bonds. The van der Waals surface area contributed by atoms with E-state index in [-0.39, 0.29) is 18.0 Å². The van der Waals surface area contributed by atoms with Crippen molar-refractivity contribution in [2.24, 2.45) is 5.73 Å². The molecule has 0 saturated carbocycles. The second kappa shape index (κ2) is 7.82. The van der Waals surface area contributed by atoms with Crippen molar-refractivity contribution in [3.8, 4) is 0 Å². The van der Waals surface area contributed by atoms with Crippen LogP contribution < -0.4 is 5.73 Å². The molecule has 1 aromatic carbocycles.